The summed E-state index contributed by atoms with van der Waals surface area (Å²) in [5.74, 6) is -0.147. The predicted molar refractivity (Wildman–Crippen MR) is 70.1 cm³/mol. The molecule has 0 saturated heterocycles. The fourth-order valence-electron chi connectivity index (χ4n) is 1.53. The summed E-state index contributed by atoms with van der Waals surface area (Å²) in [4.78, 5) is 14.0. The summed E-state index contributed by atoms with van der Waals surface area (Å²) >= 11 is 0. The first kappa shape index (κ1) is 14.2. The van der Waals surface area contributed by atoms with Crippen molar-refractivity contribution >= 4 is 11.6 Å². The second kappa shape index (κ2) is 6.18. The molecule has 0 atom stereocenters. The molecule has 1 aromatic carbocycles. The number of benzene rings is 1. The number of para-hydroxylation sites is 1. The zero-order valence-electron chi connectivity index (χ0n) is 11.0. The zero-order valence-corrected chi connectivity index (χ0v) is 11.0. The lowest BCUT2D eigenvalue weighted by Crippen LogP contribution is -2.47. The van der Waals surface area contributed by atoms with E-state index in [2.05, 4.69) is 6.07 Å². The highest BCUT2D eigenvalue weighted by Crippen LogP contribution is 2.20. The number of nitriles is 1. The van der Waals surface area contributed by atoms with Gasteiger partial charge in [-0.1, -0.05) is 18.2 Å². The van der Waals surface area contributed by atoms with Crippen LogP contribution in [0.3, 0.4) is 0 Å². The fraction of sp³-hybridized carbons (Fsp3) is 0.429. The van der Waals surface area contributed by atoms with E-state index in [1.54, 1.807) is 18.7 Å². The summed E-state index contributed by atoms with van der Waals surface area (Å²) in [5.41, 5.74) is -0.117. The van der Waals surface area contributed by atoms with Crippen molar-refractivity contribution in [3.05, 3.63) is 30.3 Å². The largest absolute Gasteiger partial charge is 0.369 e. The number of amides is 1. The minimum Gasteiger partial charge on any atom is -0.369 e. The molecule has 96 valence electrons. The van der Waals surface area contributed by atoms with Gasteiger partial charge in [0.25, 0.3) is 5.91 Å². The first-order chi connectivity index (χ1) is 8.53. The van der Waals surface area contributed by atoms with Crippen LogP contribution in [0.1, 0.15) is 20.3 Å². The van der Waals surface area contributed by atoms with E-state index in [0.29, 0.717) is 13.0 Å². The molecule has 0 unspecified atom stereocenters. The molecule has 0 aliphatic heterocycles. The van der Waals surface area contributed by atoms with E-state index in [1.165, 1.54) is 7.11 Å². The number of nitrogens with zero attached hydrogens (tertiary/aromatic N) is 2. The molecular formula is C14H18N2O2. The number of carbonyl (C=O) groups is 1. The van der Waals surface area contributed by atoms with E-state index < -0.39 is 5.60 Å². The van der Waals surface area contributed by atoms with Gasteiger partial charge >= 0.3 is 0 Å². The molecule has 0 spiro atoms. The third-order valence-corrected chi connectivity index (χ3v) is 2.79. The number of carbonyl (C=O) groups excluding carboxylic acids is 1. The minimum atomic E-state index is -0.898. The maximum atomic E-state index is 12.4. The van der Waals surface area contributed by atoms with Gasteiger partial charge in [-0.2, -0.15) is 5.26 Å². The normalized spacial score (nSPS) is 10.8. The SMILES string of the molecule is COC(C)(C)C(=O)N(CCC#N)c1ccccc1. The summed E-state index contributed by atoms with van der Waals surface area (Å²) in [6.45, 7) is 3.81. The molecular weight excluding hydrogens is 228 g/mol. The average Bonchev–Trinajstić information content (AvgIpc) is 2.40. The summed E-state index contributed by atoms with van der Waals surface area (Å²) in [5, 5.41) is 8.68. The van der Waals surface area contributed by atoms with Crippen LogP contribution in [0.5, 0.6) is 0 Å². The van der Waals surface area contributed by atoms with Crippen LogP contribution in [0, 0.1) is 11.3 Å². The van der Waals surface area contributed by atoms with Crippen molar-refractivity contribution in [2.75, 3.05) is 18.6 Å². The maximum absolute atomic E-state index is 12.4. The van der Waals surface area contributed by atoms with Crippen LogP contribution in [-0.4, -0.2) is 25.2 Å². The molecule has 1 rings (SSSR count). The highest BCUT2D eigenvalue weighted by Gasteiger charge is 2.32. The Morgan fingerprint density at radius 1 is 1.39 bits per heavy atom. The van der Waals surface area contributed by atoms with Gasteiger partial charge in [0, 0.05) is 19.3 Å². The number of hydrogen-bond acceptors (Lipinski definition) is 3. The molecule has 0 aliphatic carbocycles. The molecule has 0 N–H and O–H groups in total. The van der Waals surface area contributed by atoms with Crippen LogP contribution in [0.2, 0.25) is 0 Å². The van der Waals surface area contributed by atoms with Crippen LogP contribution in [0.4, 0.5) is 5.69 Å². The second-order valence-corrected chi connectivity index (χ2v) is 4.41. The minimum absolute atomic E-state index is 0.147. The molecule has 1 amide bonds. The molecule has 0 heterocycles. The lowest BCUT2D eigenvalue weighted by molar-refractivity contribution is -0.136. The van der Waals surface area contributed by atoms with Crippen molar-refractivity contribution in [2.45, 2.75) is 25.9 Å². The first-order valence-corrected chi connectivity index (χ1v) is 5.82. The van der Waals surface area contributed by atoms with Crippen LogP contribution >= 0.6 is 0 Å². The molecule has 1 aromatic rings. The van der Waals surface area contributed by atoms with E-state index in [1.807, 2.05) is 30.3 Å². The van der Waals surface area contributed by atoms with Crippen molar-refractivity contribution in [1.29, 1.82) is 5.26 Å². The van der Waals surface area contributed by atoms with E-state index in [4.69, 9.17) is 10.00 Å². The average molecular weight is 246 g/mol. The third kappa shape index (κ3) is 3.31. The Morgan fingerprint density at radius 3 is 2.50 bits per heavy atom. The van der Waals surface area contributed by atoms with Gasteiger partial charge in [-0.25, -0.2) is 0 Å². The smallest absolute Gasteiger partial charge is 0.258 e. The standard InChI is InChI=1S/C14H18N2O2/c1-14(2,18-3)13(17)16(11-7-10-15)12-8-5-4-6-9-12/h4-6,8-9H,7,11H2,1-3H3. The van der Waals surface area contributed by atoms with Crippen molar-refractivity contribution in [2.24, 2.45) is 0 Å². The second-order valence-electron chi connectivity index (χ2n) is 4.41. The third-order valence-electron chi connectivity index (χ3n) is 2.79. The highest BCUT2D eigenvalue weighted by molar-refractivity contribution is 5.98. The van der Waals surface area contributed by atoms with Gasteiger partial charge in [-0.3, -0.25) is 4.79 Å². The monoisotopic (exact) mass is 246 g/mol. The number of ether oxygens (including phenoxy) is 1. The molecule has 0 aliphatic rings. The Labute approximate surface area is 108 Å². The van der Waals surface area contributed by atoms with Crippen LogP contribution in [0.25, 0.3) is 0 Å². The molecule has 0 aromatic heterocycles. The summed E-state index contributed by atoms with van der Waals surface area (Å²) in [6.07, 6.45) is 0.292. The summed E-state index contributed by atoms with van der Waals surface area (Å²) in [6, 6.07) is 11.4. The fourth-order valence-corrected chi connectivity index (χ4v) is 1.53. The molecule has 18 heavy (non-hydrogen) atoms. The number of rotatable bonds is 5. The first-order valence-electron chi connectivity index (χ1n) is 5.82. The Bertz CT molecular complexity index is 435. The van der Waals surface area contributed by atoms with Gasteiger partial charge in [0.2, 0.25) is 0 Å². The van der Waals surface area contributed by atoms with Crippen molar-refractivity contribution < 1.29 is 9.53 Å². The molecule has 0 saturated carbocycles. The van der Waals surface area contributed by atoms with Crippen LogP contribution < -0.4 is 4.90 Å². The maximum Gasteiger partial charge on any atom is 0.258 e. The Morgan fingerprint density at radius 2 is 2.00 bits per heavy atom. The van der Waals surface area contributed by atoms with Crippen LogP contribution in [0.15, 0.2) is 30.3 Å². The van der Waals surface area contributed by atoms with Gasteiger partial charge < -0.3 is 9.64 Å². The highest BCUT2D eigenvalue weighted by atomic mass is 16.5. The van der Waals surface area contributed by atoms with Gasteiger partial charge in [-0.15, -0.1) is 0 Å². The molecule has 4 heteroatoms. The Hall–Kier alpha value is -1.86. The summed E-state index contributed by atoms with van der Waals surface area (Å²) in [7, 11) is 1.51. The van der Waals surface area contributed by atoms with Crippen molar-refractivity contribution in [3.63, 3.8) is 0 Å². The van der Waals surface area contributed by atoms with Crippen LogP contribution in [-0.2, 0) is 9.53 Å². The molecule has 4 nitrogen and oxygen atoms in total. The van der Waals surface area contributed by atoms with E-state index in [9.17, 15) is 4.79 Å². The Kier molecular flexibility index (Phi) is 4.87. The number of anilines is 1. The van der Waals surface area contributed by atoms with E-state index in [-0.39, 0.29) is 5.91 Å². The van der Waals surface area contributed by atoms with Gasteiger partial charge in [0.15, 0.2) is 0 Å². The van der Waals surface area contributed by atoms with E-state index in [0.717, 1.165) is 5.69 Å². The quantitative estimate of drug-likeness (QED) is 0.801. The topological polar surface area (TPSA) is 53.3 Å². The lowest BCUT2D eigenvalue weighted by atomic mass is 10.1. The molecule has 0 radical (unpaired) electrons. The lowest BCUT2D eigenvalue weighted by Gasteiger charge is -2.30. The summed E-state index contributed by atoms with van der Waals surface area (Å²) < 4.78 is 5.21. The van der Waals surface area contributed by atoms with Gasteiger partial charge in [-0.05, 0) is 26.0 Å². The molecule has 0 bridgehead atoms. The number of hydrogen-bond donors (Lipinski definition) is 0. The Balaban J connectivity index is 3.00. The number of methoxy groups -OCH3 is 1. The van der Waals surface area contributed by atoms with Crippen molar-refractivity contribution in [3.8, 4) is 6.07 Å². The zero-order chi connectivity index (χ0) is 13.6. The van der Waals surface area contributed by atoms with Crippen molar-refractivity contribution in [1.82, 2.24) is 0 Å². The predicted octanol–water partition coefficient (Wildman–Crippen LogP) is 2.36. The van der Waals surface area contributed by atoms with Gasteiger partial charge in [0.05, 0.1) is 12.5 Å². The van der Waals surface area contributed by atoms with Gasteiger partial charge in [0.1, 0.15) is 5.60 Å². The van der Waals surface area contributed by atoms with E-state index >= 15 is 0 Å². The molecule has 0 fully saturated rings.